The highest BCUT2D eigenvalue weighted by Crippen LogP contribution is 2.38. The number of rotatable bonds is 7. The van der Waals surface area contributed by atoms with Gasteiger partial charge in [-0.15, -0.1) is 0 Å². The van der Waals surface area contributed by atoms with Crippen LogP contribution >= 0.6 is 0 Å². The van der Waals surface area contributed by atoms with E-state index in [0.29, 0.717) is 11.1 Å². The van der Waals surface area contributed by atoms with E-state index < -0.39 is 47.2 Å². The third kappa shape index (κ3) is 2.66. The van der Waals surface area contributed by atoms with Crippen LogP contribution < -0.4 is 0 Å². The Bertz CT molecular complexity index is 690. The van der Waals surface area contributed by atoms with E-state index >= 15 is 0 Å². The number of fused-ring (bicyclic) bond motifs is 2. The van der Waals surface area contributed by atoms with Gasteiger partial charge in [-0.25, -0.2) is 4.79 Å². The highest BCUT2D eigenvalue weighted by molar-refractivity contribution is 6.19. The molecule has 122 valence electrons. The number of hydrogen-bond donors (Lipinski definition) is 5. The third-order valence-electron chi connectivity index (χ3n) is 3.58. The van der Waals surface area contributed by atoms with Gasteiger partial charge in [-0.1, -0.05) is 24.3 Å². The van der Waals surface area contributed by atoms with Crippen LogP contribution in [0.25, 0.3) is 0 Å². The van der Waals surface area contributed by atoms with Gasteiger partial charge in [0.25, 0.3) is 5.79 Å². The number of carboxylic acid groups (broad SMARTS) is 1. The lowest BCUT2D eigenvalue weighted by molar-refractivity contribution is -0.206. The Labute approximate surface area is 128 Å². The van der Waals surface area contributed by atoms with Crippen molar-refractivity contribution in [3.05, 3.63) is 35.4 Å². The Morgan fingerprint density at radius 1 is 0.913 bits per heavy atom. The zero-order chi connectivity index (χ0) is 17.6. The second kappa shape index (κ2) is 5.32. The summed E-state index contributed by atoms with van der Waals surface area (Å²) < 4.78 is 0. The van der Waals surface area contributed by atoms with Gasteiger partial charge in [0.1, 0.15) is 0 Å². The van der Waals surface area contributed by atoms with Gasteiger partial charge >= 0.3 is 11.8 Å². The van der Waals surface area contributed by atoms with E-state index in [1.165, 1.54) is 12.1 Å². The molecule has 0 aromatic heterocycles. The normalized spacial score (nSPS) is 14.1. The van der Waals surface area contributed by atoms with E-state index in [-0.39, 0.29) is 0 Å². The quantitative estimate of drug-likeness (QED) is 0.273. The van der Waals surface area contributed by atoms with Crippen molar-refractivity contribution in [2.75, 3.05) is 0 Å². The van der Waals surface area contributed by atoms with Crippen molar-refractivity contribution in [2.45, 2.75) is 23.9 Å². The molecule has 2 bridgehead atoms. The van der Waals surface area contributed by atoms with Gasteiger partial charge in [0.2, 0.25) is 17.3 Å². The lowest BCUT2D eigenvalue weighted by Crippen LogP contribution is -2.53. The van der Waals surface area contributed by atoms with Gasteiger partial charge in [-0.05, 0) is 11.1 Å². The molecule has 0 radical (unpaired) electrons. The number of benzene rings is 1. The first-order valence-electron chi connectivity index (χ1n) is 6.33. The number of carbonyl (C=O) groups is 4. The molecule has 1 aromatic rings. The fourth-order valence-electron chi connectivity index (χ4n) is 2.17. The van der Waals surface area contributed by atoms with E-state index in [9.17, 15) is 29.4 Å². The van der Waals surface area contributed by atoms with Gasteiger partial charge in [-0.2, -0.15) is 0 Å². The molecule has 1 aromatic carbocycles. The summed E-state index contributed by atoms with van der Waals surface area (Å²) >= 11 is 0. The summed E-state index contributed by atoms with van der Waals surface area (Å²) in [4.78, 5) is 45.7. The van der Waals surface area contributed by atoms with Gasteiger partial charge in [0, 0.05) is 0 Å². The Morgan fingerprint density at radius 3 is 1.83 bits per heavy atom. The average molecular weight is 324 g/mol. The molecule has 0 heterocycles. The summed E-state index contributed by atoms with van der Waals surface area (Å²) in [6, 6.07) is 6.26. The van der Waals surface area contributed by atoms with Crippen molar-refractivity contribution in [2.24, 2.45) is 0 Å². The van der Waals surface area contributed by atoms with E-state index in [1.54, 1.807) is 12.1 Å². The van der Waals surface area contributed by atoms with Crippen LogP contribution in [0, 0.1) is 0 Å². The second-order valence-corrected chi connectivity index (χ2v) is 5.14. The topological polar surface area (TPSA) is 169 Å². The number of ketones is 3. The van der Waals surface area contributed by atoms with Crippen molar-refractivity contribution in [3.8, 4) is 0 Å². The minimum Gasteiger partial charge on any atom is -0.477 e. The Hall–Kier alpha value is -2.46. The number of aliphatic hydroxyl groups is 4. The number of Topliss-reactive ketones (excluding diaryl/α,β-unsaturated/α-hetero) is 3. The highest BCUT2D eigenvalue weighted by Gasteiger charge is 2.51. The predicted molar refractivity (Wildman–Crippen MR) is 69.9 cm³/mol. The smallest absolute Gasteiger partial charge is 0.372 e. The lowest BCUT2D eigenvalue weighted by Gasteiger charge is -2.30. The Morgan fingerprint density at radius 2 is 1.39 bits per heavy atom. The van der Waals surface area contributed by atoms with Crippen molar-refractivity contribution in [1.82, 2.24) is 0 Å². The van der Waals surface area contributed by atoms with Crippen molar-refractivity contribution < 1.29 is 44.7 Å². The summed E-state index contributed by atoms with van der Waals surface area (Å²) in [6.07, 6.45) is -1.56. The molecule has 0 fully saturated rings. The first kappa shape index (κ1) is 16.9. The van der Waals surface area contributed by atoms with Crippen molar-refractivity contribution in [3.63, 3.8) is 0 Å². The molecule has 23 heavy (non-hydrogen) atoms. The first-order valence-corrected chi connectivity index (χ1v) is 6.33. The monoisotopic (exact) mass is 324 g/mol. The zero-order valence-corrected chi connectivity index (χ0v) is 11.5. The van der Waals surface area contributed by atoms with Crippen LogP contribution in [0.15, 0.2) is 24.3 Å². The summed E-state index contributed by atoms with van der Waals surface area (Å²) in [6.45, 7) is 0. The van der Waals surface area contributed by atoms with Crippen LogP contribution in [0.4, 0.5) is 0 Å². The molecule has 5 N–H and O–H groups in total. The van der Waals surface area contributed by atoms with Gasteiger partial charge in [0.15, 0.2) is 0 Å². The number of carbonyl (C=O) groups excluding carboxylic acids is 3. The molecular formula is C14H12O9. The summed E-state index contributed by atoms with van der Waals surface area (Å²) in [5.74, 6) is -15.8. The van der Waals surface area contributed by atoms with Crippen molar-refractivity contribution >= 4 is 23.3 Å². The number of hydrogen-bond acceptors (Lipinski definition) is 8. The molecule has 3 rings (SSSR count). The van der Waals surface area contributed by atoms with Crippen LogP contribution in [0.5, 0.6) is 0 Å². The molecule has 0 saturated carbocycles. The third-order valence-corrected chi connectivity index (χ3v) is 3.58. The first-order chi connectivity index (χ1) is 10.5. The molecule has 0 atom stereocenters. The average Bonchev–Trinajstić information content (AvgIpc) is 2.47. The molecule has 0 unspecified atom stereocenters. The maximum absolute atomic E-state index is 12.1. The Kier molecular flexibility index (Phi) is 3.91. The molecule has 0 amide bonds. The van der Waals surface area contributed by atoms with Crippen LogP contribution in [0.1, 0.15) is 23.5 Å². The van der Waals surface area contributed by atoms with Crippen LogP contribution in [0.2, 0.25) is 0 Å². The highest BCUT2D eigenvalue weighted by atomic mass is 16.5. The molecular weight excluding hydrogens is 312 g/mol. The molecule has 0 spiro atoms. The summed E-state index contributed by atoms with van der Waals surface area (Å²) in [7, 11) is 0. The number of aliphatic carboxylic acids is 1. The minimum absolute atomic E-state index is 0.448. The standard InChI is InChI=1S/C14H12O9/c15-8(5-9(16)14(22,23)12(18)19)13(20,21)11(17)10-6-2-1-3-7(10)4-6/h1-4,10,20-23H,5H2,(H,18,19). The lowest BCUT2D eigenvalue weighted by atomic mass is 9.75. The van der Waals surface area contributed by atoms with Crippen LogP contribution in [-0.2, 0) is 19.2 Å². The van der Waals surface area contributed by atoms with E-state index in [4.69, 9.17) is 15.3 Å². The summed E-state index contributed by atoms with van der Waals surface area (Å²) in [5, 5.41) is 45.8. The number of carboxylic acids is 1. The molecule has 9 heteroatoms. The molecule has 0 saturated heterocycles. The fraction of sp³-hybridized carbons (Fsp3) is 0.286. The molecule has 9 nitrogen and oxygen atoms in total. The maximum Gasteiger partial charge on any atom is 0.372 e. The largest absolute Gasteiger partial charge is 0.477 e. The Balaban J connectivity index is 2.13. The predicted octanol–water partition coefficient (Wildman–Crippen LogP) is -2.32. The molecule has 0 aliphatic heterocycles. The van der Waals surface area contributed by atoms with Crippen molar-refractivity contribution in [1.29, 1.82) is 0 Å². The molecule has 2 aliphatic carbocycles. The van der Waals surface area contributed by atoms with Crippen LogP contribution in [0.3, 0.4) is 0 Å². The van der Waals surface area contributed by atoms with Gasteiger partial charge < -0.3 is 25.5 Å². The van der Waals surface area contributed by atoms with E-state index in [0.717, 1.165) is 0 Å². The van der Waals surface area contributed by atoms with E-state index in [1.807, 2.05) is 0 Å². The maximum atomic E-state index is 12.1. The SMILES string of the molecule is O=C(O)C(O)(O)C(=O)CC(=O)C(O)(O)C(=O)C1c2cccc1c2. The summed E-state index contributed by atoms with van der Waals surface area (Å²) in [5.41, 5.74) is 0.895. The fourth-order valence-corrected chi connectivity index (χ4v) is 2.17. The zero-order valence-electron chi connectivity index (χ0n) is 11.5. The van der Waals surface area contributed by atoms with Gasteiger partial charge in [0.05, 0.1) is 12.3 Å². The van der Waals surface area contributed by atoms with E-state index in [2.05, 4.69) is 0 Å². The van der Waals surface area contributed by atoms with Gasteiger partial charge in [-0.3, -0.25) is 14.4 Å². The second-order valence-electron chi connectivity index (χ2n) is 5.14. The van der Waals surface area contributed by atoms with Crippen LogP contribution in [-0.4, -0.2) is 60.4 Å². The minimum atomic E-state index is -3.87. The molecule has 2 aliphatic rings.